The van der Waals surface area contributed by atoms with E-state index in [4.69, 9.17) is 4.74 Å². The number of rotatable bonds is 3. The van der Waals surface area contributed by atoms with Crippen molar-refractivity contribution < 1.29 is 14.3 Å². The first-order valence-corrected chi connectivity index (χ1v) is 9.68. The highest BCUT2D eigenvalue weighted by atomic mass is 127. The number of allylic oxidation sites excluding steroid dienone is 1. The van der Waals surface area contributed by atoms with Crippen molar-refractivity contribution in [3.8, 4) is 0 Å². The summed E-state index contributed by atoms with van der Waals surface area (Å²) in [6.45, 7) is 3.93. The van der Waals surface area contributed by atoms with E-state index in [2.05, 4.69) is 34.8 Å². The molecule has 134 valence electrons. The molecule has 1 N–H and O–H groups in total. The number of ether oxygens (including phenoxy) is 1. The molecular formula is C19H23IN2O3. The summed E-state index contributed by atoms with van der Waals surface area (Å²) in [5, 5.41) is 2.94. The number of amides is 2. The molecule has 3 rings (SSSR count). The van der Waals surface area contributed by atoms with Gasteiger partial charge in [0.15, 0.2) is 0 Å². The first kappa shape index (κ1) is 18.2. The summed E-state index contributed by atoms with van der Waals surface area (Å²) in [5.41, 5.74) is 2.07. The van der Waals surface area contributed by atoms with Crippen LogP contribution in [0.4, 0.5) is 4.79 Å². The molecule has 1 aromatic rings. The van der Waals surface area contributed by atoms with E-state index in [0.29, 0.717) is 17.2 Å². The average molecular weight is 454 g/mol. The van der Waals surface area contributed by atoms with Gasteiger partial charge in [-0.25, -0.2) is 9.59 Å². The standard InChI is InChI=1S/C19H23IN2O3/c1-11-7-6-10-15(11)25-18(23)16-12(2)22(3)19(24)21-17(16)13-8-4-5-9-14(13)20/h4-5,8-9,11,15,17H,6-7,10H2,1-3H3,(H,21,24)/t11-,15-,17+/m1/s1. The van der Waals surface area contributed by atoms with Crippen molar-refractivity contribution in [2.75, 3.05) is 7.05 Å². The van der Waals surface area contributed by atoms with Gasteiger partial charge in [0, 0.05) is 16.3 Å². The molecule has 0 saturated heterocycles. The van der Waals surface area contributed by atoms with Gasteiger partial charge in [0.05, 0.1) is 11.6 Å². The van der Waals surface area contributed by atoms with Crippen LogP contribution in [0.3, 0.4) is 0 Å². The van der Waals surface area contributed by atoms with Crippen molar-refractivity contribution in [3.05, 3.63) is 44.7 Å². The largest absolute Gasteiger partial charge is 0.459 e. The van der Waals surface area contributed by atoms with Gasteiger partial charge in [-0.2, -0.15) is 0 Å². The second-order valence-electron chi connectivity index (χ2n) is 6.81. The van der Waals surface area contributed by atoms with Gasteiger partial charge in [-0.15, -0.1) is 0 Å². The van der Waals surface area contributed by atoms with Gasteiger partial charge in [0.2, 0.25) is 0 Å². The lowest BCUT2D eigenvalue weighted by Gasteiger charge is -2.34. The fraction of sp³-hybridized carbons (Fsp3) is 0.474. The van der Waals surface area contributed by atoms with Crippen molar-refractivity contribution in [1.29, 1.82) is 0 Å². The molecule has 25 heavy (non-hydrogen) atoms. The van der Waals surface area contributed by atoms with Gasteiger partial charge in [-0.3, -0.25) is 0 Å². The monoisotopic (exact) mass is 454 g/mol. The summed E-state index contributed by atoms with van der Waals surface area (Å²) in [4.78, 5) is 26.8. The number of carbonyl (C=O) groups is 2. The Morgan fingerprint density at radius 2 is 2.04 bits per heavy atom. The van der Waals surface area contributed by atoms with Gasteiger partial charge in [0.25, 0.3) is 0 Å². The second kappa shape index (κ2) is 7.35. The summed E-state index contributed by atoms with van der Waals surface area (Å²) in [5.74, 6) is 0.0591. The van der Waals surface area contributed by atoms with Crippen LogP contribution < -0.4 is 5.32 Å². The number of halogens is 1. The number of carbonyl (C=O) groups excluding carboxylic acids is 2. The highest BCUT2D eigenvalue weighted by Gasteiger charge is 2.37. The number of hydrogen-bond donors (Lipinski definition) is 1. The fourth-order valence-electron chi connectivity index (χ4n) is 3.53. The number of nitrogens with zero attached hydrogens (tertiary/aromatic N) is 1. The van der Waals surface area contributed by atoms with Gasteiger partial charge >= 0.3 is 12.0 Å². The Morgan fingerprint density at radius 3 is 2.68 bits per heavy atom. The first-order chi connectivity index (χ1) is 11.9. The van der Waals surface area contributed by atoms with E-state index in [0.717, 1.165) is 28.4 Å². The summed E-state index contributed by atoms with van der Waals surface area (Å²) < 4.78 is 6.83. The molecule has 0 unspecified atom stereocenters. The molecule has 1 aromatic carbocycles. The van der Waals surface area contributed by atoms with Gasteiger partial charge < -0.3 is 15.0 Å². The molecule has 1 fully saturated rings. The minimum absolute atomic E-state index is 0.0359. The van der Waals surface area contributed by atoms with Gasteiger partial charge in [0.1, 0.15) is 6.10 Å². The summed E-state index contributed by atoms with van der Waals surface area (Å²) >= 11 is 2.23. The normalized spacial score (nSPS) is 26.6. The lowest BCUT2D eigenvalue weighted by Crippen LogP contribution is -2.46. The molecule has 5 nitrogen and oxygen atoms in total. The minimum Gasteiger partial charge on any atom is -0.459 e. The second-order valence-corrected chi connectivity index (χ2v) is 7.98. The summed E-state index contributed by atoms with van der Waals surface area (Å²) in [7, 11) is 1.67. The number of benzene rings is 1. The first-order valence-electron chi connectivity index (χ1n) is 8.60. The quantitative estimate of drug-likeness (QED) is 0.555. The zero-order valence-electron chi connectivity index (χ0n) is 14.7. The molecule has 1 saturated carbocycles. The van der Waals surface area contributed by atoms with Crippen molar-refractivity contribution in [2.45, 2.75) is 45.3 Å². The Morgan fingerprint density at radius 1 is 1.32 bits per heavy atom. The van der Waals surface area contributed by atoms with E-state index >= 15 is 0 Å². The Kier molecular flexibility index (Phi) is 5.36. The van der Waals surface area contributed by atoms with Crippen molar-refractivity contribution in [2.24, 2.45) is 5.92 Å². The van der Waals surface area contributed by atoms with Gasteiger partial charge in [-0.05, 0) is 66.3 Å². The molecule has 0 aromatic heterocycles. The highest BCUT2D eigenvalue weighted by molar-refractivity contribution is 14.1. The molecular weight excluding hydrogens is 431 g/mol. The molecule has 1 aliphatic carbocycles. The van der Waals surface area contributed by atoms with E-state index in [9.17, 15) is 9.59 Å². The molecule has 0 bridgehead atoms. The lowest BCUT2D eigenvalue weighted by molar-refractivity contribution is -0.146. The third-order valence-electron chi connectivity index (χ3n) is 5.23. The van der Waals surface area contributed by atoms with E-state index in [-0.39, 0.29) is 18.1 Å². The van der Waals surface area contributed by atoms with Crippen molar-refractivity contribution >= 4 is 34.6 Å². The molecule has 3 atom stereocenters. The van der Waals surface area contributed by atoms with E-state index < -0.39 is 6.04 Å². The zero-order valence-corrected chi connectivity index (χ0v) is 16.9. The fourth-order valence-corrected chi connectivity index (χ4v) is 4.23. The topological polar surface area (TPSA) is 58.6 Å². The Balaban J connectivity index is 1.97. The molecule has 0 radical (unpaired) electrons. The number of esters is 1. The zero-order chi connectivity index (χ0) is 18.1. The average Bonchev–Trinajstić information content (AvgIpc) is 2.97. The third kappa shape index (κ3) is 3.54. The molecule has 2 amide bonds. The van der Waals surface area contributed by atoms with Crippen LogP contribution in [0.25, 0.3) is 0 Å². The Labute approximate surface area is 161 Å². The summed E-state index contributed by atoms with van der Waals surface area (Å²) in [6, 6.07) is 7.07. The van der Waals surface area contributed by atoms with Crippen LogP contribution in [-0.2, 0) is 9.53 Å². The Hall–Kier alpha value is -1.57. The van der Waals surface area contributed by atoms with Crippen LogP contribution in [0.5, 0.6) is 0 Å². The predicted molar refractivity (Wildman–Crippen MR) is 104 cm³/mol. The van der Waals surface area contributed by atoms with Crippen LogP contribution in [0, 0.1) is 9.49 Å². The number of urea groups is 1. The summed E-state index contributed by atoms with van der Waals surface area (Å²) in [6.07, 6.45) is 3.06. The van der Waals surface area contributed by atoms with Crippen LogP contribution in [0.2, 0.25) is 0 Å². The maximum Gasteiger partial charge on any atom is 0.338 e. The van der Waals surface area contributed by atoms with E-state index in [1.807, 2.05) is 24.3 Å². The SMILES string of the molecule is CC1=C(C(=O)O[C@@H]2CCC[C@H]2C)[C@H](c2ccccc2I)NC(=O)N1C. The van der Waals surface area contributed by atoms with Crippen molar-refractivity contribution in [1.82, 2.24) is 10.2 Å². The molecule has 2 aliphatic rings. The Bertz CT molecular complexity index is 731. The van der Waals surface area contributed by atoms with Gasteiger partial charge in [-0.1, -0.05) is 25.1 Å². The maximum atomic E-state index is 13.0. The molecule has 0 spiro atoms. The maximum absolute atomic E-state index is 13.0. The van der Waals surface area contributed by atoms with Crippen LogP contribution in [0.1, 0.15) is 44.7 Å². The van der Waals surface area contributed by atoms with E-state index in [1.165, 1.54) is 4.90 Å². The number of hydrogen-bond acceptors (Lipinski definition) is 3. The van der Waals surface area contributed by atoms with Crippen LogP contribution in [0.15, 0.2) is 35.5 Å². The highest BCUT2D eigenvalue weighted by Crippen LogP contribution is 2.35. The molecule has 6 heteroatoms. The minimum atomic E-state index is -0.485. The molecule has 1 aliphatic heterocycles. The lowest BCUT2D eigenvalue weighted by atomic mass is 9.95. The number of nitrogens with one attached hydrogen (secondary N) is 1. The predicted octanol–water partition coefficient (Wildman–Crippen LogP) is 3.99. The third-order valence-corrected chi connectivity index (χ3v) is 6.21. The van der Waals surface area contributed by atoms with E-state index in [1.54, 1.807) is 14.0 Å². The molecule has 1 heterocycles. The van der Waals surface area contributed by atoms with Crippen LogP contribution in [-0.4, -0.2) is 30.1 Å². The van der Waals surface area contributed by atoms with Crippen LogP contribution >= 0.6 is 22.6 Å². The van der Waals surface area contributed by atoms with Crippen molar-refractivity contribution in [3.63, 3.8) is 0 Å². The smallest absolute Gasteiger partial charge is 0.338 e.